The van der Waals surface area contributed by atoms with Crippen molar-refractivity contribution in [1.29, 1.82) is 0 Å². The fourth-order valence-corrected chi connectivity index (χ4v) is 2.20. The van der Waals surface area contributed by atoms with Crippen LogP contribution in [0.1, 0.15) is 25.3 Å². The predicted octanol–water partition coefficient (Wildman–Crippen LogP) is 3.47. The molecule has 0 aliphatic heterocycles. The highest BCUT2D eigenvalue weighted by atomic mass is 16.6. The van der Waals surface area contributed by atoms with Gasteiger partial charge in [0.15, 0.2) is 12.4 Å². The molecule has 0 unspecified atom stereocenters. The van der Waals surface area contributed by atoms with Gasteiger partial charge in [-0.05, 0) is 30.2 Å². The zero-order valence-electron chi connectivity index (χ0n) is 14.6. The molecule has 0 saturated heterocycles. The fourth-order valence-electron chi connectivity index (χ4n) is 2.20. The van der Waals surface area contributed by atoms with Gasteiger partial charge in [0.05, 0.1) is 11.5 Å². The van der Waals surface area contributed by atoms with Gasteiger partial charge in [0.1, 0.15) is 5.75 Å². The topological polar surface area (TPSA) is 90.7 Å². The van der Waals surface area contributed by atoms with Crippen LogP contribution in [0.25, 0.3) is 0 Å². The smallest absolute Gasteiger partial charge is 0.310 e. The molecule has 0 aliphatic carbocycles. The van der Waals surface area contributed by atoms with Gasteiger partial charge in [0.25, 0.3) is 5.91 Å². The van der Waals surface area contributed by atoms with Crippen LogP contribution < -0.4 is 14.8 Å². The number of nitrogens with zero attached hydrogens (tertiary/aromatic N) is 1. The van der Waals surface area contributed by atoms with E-state index in [1.807, 2.05) is 24.3 Å². The molecule has 0 atom stereocenters. The zero-order valence-corrected chi connectivity index (χ0v) is 14.6. The SMILES string of the molecule is CCCCOc1cccc(CNC(=O)COc2ccccc2[N+](=O)[O-])c1. The van der Waals surface area contributed by atoms with E-state index in [-0.39, 0.29) is 24.0 Å². The predicted molar refractivity (Wildman–Crippen MR) is 97.3 cm³/mol. The average Bonchev–Trinajstić information content (AvgIpc) is 2.65. The number of hydrogen-bond acceptors (Lipinski definition) is 5. The van der Waals surface area contributed by atoms with Crippen LogP contribution in [0.4, 0.5) is 5.69 Å². The molecule has 0 heterocycles. The van der Waals surface area contributed by atoms with Crippen molar-refractivity contribution in [3.8, 4) is 11.5 Å². The molecule has 1 N–H and O–H groups in total. The number of unbranched alkanes of at least 4 members (excludes halogenated alkanes) is 1. The Hall–Kier alpha value is -3.09. The van der Waals surface area contributed by atoms with Gasteiger partial charge in [0.2, 0.25) is 0 Å². The maximum absolute atomic E-state index is 11.9. The first-order chi connectivity index (χ1) is 12.6. The summed E-state index contributed by atoms with van der Waals surface area (Å²) in [6.07, 6.45) is 2.05. The number of para-hydroxylation sites is 2. The van der Waals surface area contributed by atoms with Crippen molar-refractivity contribution in [2.45, 2.75) is 26.3 Å². The lowest BCUT2D eigenvalue weighted by molar-refractivity contribution is -0.385. The molecule has 2 aromatic carbocycles. The molecule has 0 bridgehead atoms. The van der Waals surface area contributed by atoms with E-state index < -0.39 is 4.92 Å². The van der Waals surface area contributed by atoms with Crippen LogP contribution in [0, 0.1) is 10.1 Å². The van der Waals surface area contributed by atoms with Crippen LogP contribution in [0.3, 0.4) is 0 Å². The number of rotatable bonds is 10. The first kappa shape index (κ1) is 19.2. The van der Waals surface area contributed by atoms with Gasteiger partial charge in [-0.2, -0.15) is 0 Å². The van der Waals surface area contributed by atoms with E-state index in [0.29, 0.717) is 13.2 Å². The van der Waals surface area contributed by atoms with Crippen LogP contribution in [-0.4, -0.2) is 24.0 Å². The molecule has 0 spiro atoms. The van der Waals surface area contributed by atoms with E-state index in [1.165, 1.54) is 12.1 Å². The van der Waals surface area contributed by atoms with Crippen molar-refractivity contribution in [1.82, 2.24) is 5.32 Å². The minimum atomic E-state index is -0.544. The number of ether oxygens (including phenoxy) is 2. The normalized spacial score (nSPS) is 10.2. The van der Waals surface area contributed by atoms with E-state index in [4.69, 9.17) is 9.47 Å². The van der Waals surface area contributed by atoms with Gasteiger partial charge < -0.3 is 14.8 Å². The van der Waals surface area contributed by atoms with Gasteiger partial charge in [-0.15, -0.1) is 0 Å². The highest BCUT2D eigenvalue weighted by Crippen LogP contribution is 2.25. The number of nitrogens with one attached hydrogen (secondary N) is 1. The lowest BCUT2D eigenvalue weighted by Crippen LogP contribution is -2.28. The summed E-state index contributed by atoms with van der Waals surface area (Å²) in [5.74, 6) is 0.473. The van der Waals surface area contributed by atoms with Crippen molar-refractivity contribution in [2.24, 2.45) is 0 Å². The third-order valence-corrected chi connectivity index (χ3v) is 3.58. The maximum Gasteiger partial charge on any atom is 0.310 e. The van der Waals surface area contributed by atoms with Gasteiger partial charge >= 0.3 is 5.69 Å². The van der Waals surface area contributed by atoms with Gasteiger partial charge in [-0.3, -0.25) is 14.9 Å². The Kier molecular flexibility index (Phi) is 7.42. The highest BCUT2D eigenvalue weighted by molar-refractivity contribution is 5.77. The van der Waals surface area contributed by atoms with Gasteiger partial charge in [-0.25, -0.2) is 0 Å². The van der Waals surface area contributed by atoms with Crippen LogP contribution >= 0.6 is 0 Å². The largest absolute Gasteiger partial charge is 0.494 e. The summed E-state index contributed by atoms with van der Waals surface area (Å²) in [4.78, 5) is 22.3. The minimum absolute atomic E-state index is 0.0685. The molecule has 7 nitrogen and oxygen atoms in total. The van der Waals surface area contributed by atoms with Crippen molar-refractivity contribution >= 4 is 11.6 Å². The molecule has 0 aromatic heterocycles. The number of nitro groups is 1. The molecule has 2 rings (SSSR count). The first-order valence-electron chi connectivity index (χ1n) is 8.44. The Labute approximate surface area is 152 Å². The second-order valence-electron chi connectivity index (χ2n) is 5.64. The first-order valence-corrected chi connectivity index (χ1v) is 8.44. The van der Waals surface area contributed by atoms with Gasteiger partial charge in [-0.1, -0.05) is 37.6 Å². The van der Waals surface area contributed by atoms with Crippen molar-refractivity contribution < 1.29 is 19.2 Å². The number of carbonyl (C=O) groups is 1. The van der Waals surface area contributed by atoms with Crippen LogP contribution in [0.15, 0.2) is 48.5 Å². The molecule has 0 saturated carbocycles. The Balaban J connectivity index is 1.82. The third kappa shape index (κ3) is 6.08. The molecule has 26 heavy (non-hydrogen) atoms. The highest BCUT2D eigenvalue weighted by Gasteiger charge is 2.14. The van der Waals surface area contributed by atoms with Crippen LogP contribution in [0.2, 0.25) is 0 Å². The standard InChI is InChI=1S/C19H22N2O5/c1-2-3-11-25-16-8-6-7-15(12-16)13-20-19(22)14-26-18-10-5-4-9-17(18)21(23)24/h4-10,12H,2-3,11,13-14H2,1H3,(H,20,22). The number of benzene rings is 2. The zero-order chi connectivity index (χ0) is 18.8. The average molecular weight is 358 g/mol. The monoisotopic (exact) mass is 358 g/mol. The molecular formula is C19H22N2O5. The van der Waals surface area contributed by atoms with Gasteiger partial charge in [0, 0.05) is 12.6 Å². The third-order valence-electron chi connectivity index (χ3n) is 3.58. The van der Waals surface area contributed by atoms with Crippen LogP contribution in [0.5, 0.6) is 11.5 Å². The Bertz CT molecular complexity index is 748. The summed E-state index contributed by atoms with van der Waals surface area (Å²) in [5.41, 5.74) is 0.732. The van der Waals surface area contributed by atoms with E-state index in [9.17, 15) is 14.9 Å². The Morgan fingerprint density at radius 2 is 1.96 bits per heavy atom. The summed E-state index contributed by atoms with van der Waals surface area (Å²) in [6.45, 7) is 2.79. The molecule has 7 heteroatoms. The molecular weight excluding hydrogens is 336 g/mol. The summed E-state index contributed by atoms with van der Waals surface area (Å²) < 4.78 is 10.9. The lowest BCUT2D eigenvalue weighted by Gasteiger charge is -2.09. The Morgan fingerprint density at radius 1 is 1.15 bits per heavy atom. The molecule has 138 valence electrons. The van der Waals surface area contributed by atoms with Crippen molar-refractivity contribution in [3.63, 3.8) is 0 Å². The molecule has 0 aliphatic rings. The molecule has 1 amide bonds. The molecule has 2 aromatic rings. The maximum atomic E-state index is 11.9. The number of hydrogen-bond donors (Lipinski definition) is 1. The summed E-state index contributed by atoms with van der Waals surface area (Å²) in [5, 5.41) is 13.6. The summed E-state index contributed by atoms with van der Waals surface area (Å²) in [6, 6.07) is 13.4. The van der Waals surface area contributed by atoms with Crippen LogP contribution in [-0.2, 0) is 11.3 Å². The van der Waals surface area contributed by atoms with E-state index in [1.54, 1.807) is 12.1 Å². The Morgan fingerprint density at radius 3 is 2.73 bits per heavy atom. The van der Waals surface area contributed by atoms with E-state index in [2.05, 4.69) is 12.2 Å². The number of carbonyl (C=O) groups excluding carboxylic acids is 1. The quantitative estimate of drug-likeness (QED) is 0.399. The number of amides is 1. The lowest BCUT2D eigenvalue weighted by atomic mass is 10.2. The second-order valence-corrected chi connectivity index (χ2v) is 5.64. The molecule has 0 fully saturated rings. The fraction of sp³-hybridized carbons (Fsp3) is 0.316. The minimum Gasteiger partial charge on any atom is -0.494 e. The van der Waals surface area contributed by atoms with E-state index in [0.717, 1.165) is 24.2 Å². The van der Waals surface area contributed by atoms with Crippen molar-refractivity contribution in [3.05, 3.63) is 64.2 Å². The number of nitro benzene ring substituents is 1. The summed E-state index contributed by atoms with van der Waals surface area (Å²) in [7, 11) is 0. The van der Waals surface area contributed by atoms with Crippen molar-refractivity contribution in [2.75, 3.05) is 13.2 Å². The second kappa shape index (κ2) is 10.0. The summed E-state index contributed by atoms with van der Waals surface area (Å²) >= 11 is 0. The van der Waals surface area contributed by atoms with E-state index >= 15 is 0 Å². The molecule has 0 radical (unpaired) electrons.